The number of nitrogens with zero attached hydrogens (tertiary/aromatic N) is 1. The van der Waals surface area contributed by atoms with Crippen LogP contribution >= 0.6 is 15.9 Å². The van der Waals surface area contributed by atoms with Gasteiger partial charge in [-0.05, 0) is 21.3 Å². The first-order chi connectivity index (χ1) is 5.38. The summed E-state index contributed by atoms with van der Waals surface area (Å²) in [5, 5.41) is 2.38. The minimum atomic E-state index is 0. The van der Waals surface area contributed by atoms with Crippen LogP contribution in [0, 0.1) is 0 Å². The zero-order valence-electron chi connectivity index (χ0n) is 8.02. The molecular weight excluding hydrogens is 496 g/mol. The number of fused-ring (bicyclic) bond motifs is 1. The number of pyridine rings is 1. The van der Waals surface area contributed by atoms with Crippen LogP contribution in [0.5, 0.6) is 0 Å². The molecule has 1 aromatic carbocycles. The number of hydrogen-bond acceptors (Lipinski definition) is 1. The first-order valence-electron chi connectivity index (χ1n) is 3.36. The summed E-state index contributed by atoms with van der Waals surface area (Å²) in [6, 6.07) is 8.15. The third-order valence-electron chi connectivity index (χ3n) is 1.62. The van der Waals surface area contributed by atoms with Crippen LogP contribution in [0.25, 0.3) is 23.1 Å². The molecule has 2 aromatic rings. The van der Waals surface area contributed by atoms with Gasteiger partial charge in [0.05, 0.1) is 0 Å². The van der Waals surface area contributed by atoms with E-state index in [-0.39, 0.29) is 58.2 Å². The van der Waals surface area contributed by atoms with E-state index < -0.39 is 0 Å². The molecule has 0 aliphatic carbocycles. The van der Waals surface area contributed by atoms with Gasteiger partial charge in [0.25, 0.3) is 0 Å². The molecule has 3 nitrogen and oxygen atoms in total. The summed E-state index contributed by atoms with van der Waals surface area (Å²) >= 11 is 3.43. The molecule has 0 spiro atoms. The summed E-state index contributed by atoms with van der Waals surface area (Å²) in [4.78, 5) is 4.07. The first-order valence-corrected chi connectivity index (χ1v) is 4.15. The maximum atomic E-state index is 4.07. The van der Waals surface area contributed by atoms with E-state index in [1.807, 2.05) is 30.6 Å². The second-order valence-electron chi connectivity index (χ2n) is 2.34. The Morgan fingerprint density at radius 2 is 1.50 bits per heavy atom. The minimum absolute atomic E-state index is 0. The molecule has 1 aromatic heterocycles. The van der Waals surface area contributed by atoms with Crippen LogP contribution in [-0.4, -0.2) is 4.98 Å². The molecule has 1 heterocycles. The van der Waals surface area contributed by atoms with Crippen LogP contribution in [0.4, 0.5) is 0 Å². The molecule has 16 heavy (non-hydrogen) atoms. The molecule has 0 unspecified atom stereocenters. The van der Waals surface area contributed by atoms with E-state index in [1.54, 1.807) is 0 Å². The molecule has 0 aliphatic rings. The van der Waals surface area contributed by atoms with Gasteiger partial charge in [-0.15, -0.1) is 0 Å². The van der Waals surface area contributed by atoms with E-state index in [2.05, 4.69) is 27.0 Å². The molecule has 0 bridgehead atoms. The quantitative estimate of drug-likeness (QED) is 0.426. The molecule has 0 saturated carbocycles. The van der Waals surface area contributed by atoms with E-state index >= 15 is 0 Å². The summed E-state index contributed by atoms with van der Waals surface area (Å²) in [5.74, 6) is 0. The molecule has 0 fully saturated rings. The Labute approximate surface area is 130 Å². The average molecular weight is 506 g/mol. The van der Waals surface area contributed by atoms with Gasteiger partial charge in [-0.2, -0.15) is 0 Å². The molecule has 4 N–H and O–H groups in total. The predicted octanol–water partition coefficient (Wildman–Crippen LogP) is -1.56. The monoisotopic (exact) mass is 504 g/mol. The summed E-state index contributed by atoms with van der Waals surface area (Å²) < 4.78 is 1.05. The second-order valence-corrected chi connectivity index (χ2v) is 3.20. The van der Waals surface area contributed by atoms with Crippen molar-refractivity contribution in [1.82, 2.24) is 4.98 Å². The van der Waals surface area contributed by atoms with Gasteiger partial charge in [0.2, 0.25) is 0 Å². The average Bonchev–Trinajstić information content (AvgIpc) is 2.06. The summed E-state index contributed by atoms with van der Waals surface area (Å²) in [7, 11) is 0. The van der Waals surface area contributed by atoms with Gasteiger partial charge in [-0.3, -0.25) is 4.98 Å². The van der Waals surface area contributed by atoms with E-state index in [0.29, 0.717) is 0 Å². The van der Waals surface area contributed by atoms with Gasteiger partial charge < -0.3 is 37.1 Å². The van der Waals surface area contributed by atoms with Crippen LogP contribution in [0.1, 0.15) is 0 Å². The minimum Gasteiger partial charge on any atom is -1.00 e. The molecule has 7 heteroatoms. The third kappa shape index (κ3) is 5.57. The van der Waals surface area contributed by atoms with Crippen molar-refractivity contribution in [3.63, 3.8) is 0 Å². The van der Waals surface area contributed by atoms with E-state index in [1.165, 1.54) is 10.8 Å². The largest absolute Gasteiger partial charge is 4.00 e. The van der Waals surface area contributed by atoms with Gasteiger partial charge in [0, 0.05) is 22.3 Å². The van der Waals surface area contributed by atoms with Crippen LogP contribution in [0.15, 0.2) is 41.1 Å². The Bertz CT molecular complexity index is 398. The molecule has 0 atom stereocenters. The van der Waals surface area contributed by atoms with Gasteiger partial charge >= 0.3 is 21.1 Å². The SMILES string of the molecule is Brc1cncc2ccccc12.[Cl-].[Cl-].[NH2-].[NH2-].[Pt+4]. The van der Waals surface area contributed by atoms with Crippen molar-refractivity contribution in [3.05, 3.63) is 53.4 Å². The fourth-order valence-corrected chi connectivity index (χ4v) is 1.56. The maximum Gasteiger partial charge on any atom is 4.00 e. The van der Waals surface area contributed by atoms with Crippen molar-refractivity contribution in [2.24, 2.45) is 0 Å². The maximum absolute atomic E-state index is 4.07. The molecule has 2 rings (SSSR count). The summed E-state index contributed by atoms with van der Waals surface area (Å²) in [6.45, 7) is 0. The van der Waals surface area contributed by atoms with Crippen LogP contribution in [0.2, 0.25) is 0 Å². The Balaban J connectivity index is -0.000000144. The molecule has 0 aliphatic heterocycles. The first kappa shape index (κ1) is 25.2. The number of benzene rings is 1. The molecule has 0 radical (unpaired) electrons. The smallest absolute Gasteiger partial charge is 1.00 e. The van der Waals surface area contributed by atoms with Crippen molar-refractivity contribution in [2.45, 2.75) is 0 Å². The number of halogens is 3. The Kier molecular flexibility index (Phi) is 18.6. The standard InChI is InChI=1S/C9H6BrN.2ClH.2H2N.Pt/c10-9-6-11-5-7-3-1-2-4-8(7)9;;;;;/h1-6H;2*1H;2*1H2;/q;;;2*-1;+4/p-2. The van der Waals surface area contributed by atoms with Crippen molar-refractivity contribution >= 4 is 26.7 Å². The zero-order chi connectivity index (χ0) is 7.68. The number of nitrogens with two attached hydrogens (primary N) is 2. The van der Waals surface area contributed by atoms with Gasteiger partial charge in [0.15, 0.2) is 0 Å². The van der Waals surface area contributed by atoms with Crippen molar-refractivity contribution < 1.29 is 45.9 Å². The molecule has 92 valence electrons. The van der Waals surface area contributed by atoms with Crippen molar-refractivity contribution in [2.75, 3.05) is 0 Å². The van der Waals surface area contributed by atoms with Gasteiger partial charge in [0.1, 0.15) is 0 Å². The number of hydrogen-bond donors (Lipinski definition) is 0. The van der Waals surface area contributed by atoms with Crippen LogP contribution < -0.4 is 24.8 Å². The molecule has 0 saturated heterocycles. The predicted molar refractivity (Wildman–Crippen MR) is 60.0 cm³/mol. The van der Waals surface area contributed by atoms with E-state index in [4.69, 9.17) is 0 Å². The third-order valence-corrected chi connectivity index (χ3v) is 2.25. The summed E-state index contributed by atoms with van der Waals surface area (Å²) in [6.07, 6.45) is 3.67. The van der Waals surface area contributed by atoms with Crippen molar-refractivity contribution in [3.8, 4) is 0 Å². The zero-order valence-corrected chi connectivity index (χ0v) is 13.4. The van der Waals surface area contributed by atoms with Gasteiger partial charge in [-0.1, -0.05) is 24.3 Å². The fraction of sp³-hybridized carbons (Fsp3) is 0. The van der Waals surface area contributed by atoms with Gasteiger partial charge in [-0.25, -0.2) is 0 Å². The summed E-state index contributed by atoms with van der Waals surface area (Å²) in [5.41, 5.74) is 0. The van der Waals surface area contributed by atoms with E-state index in [0.717, 1.165) is 4.47 Å². The topological polar surface area (TPSA) is 79.9 Å². The Morgan fingerprint density at radius 3 is 2.06 bits per heavy atom. The van der Waals surface area contributed by atoms with Crippen molar-refractivity contribution in [1.29, 1.82) is 0 Å². The second kappa shape index (κ2) is 11.8. The van der Waals surface area contributed by atoms with E-state index in [9.17, 15) is 0 Å². The number of aromatic nitrogens is 1. The normalized spacial score (nSPS) is 7.06. The van der Waals surface area contributed by atoms with Crippen LogP contribution in [-0.2, 0) is 21.1 Å². The molecule has 0 amide bonds. The fourth-order valence-electron chi connectivity index (χ4n) is 1.08. The number of rotatable bonds is 0. The Hall–Kier alpha value is 0.298. The Morgan fingerprint density at radius 1 is 0.938 bits per heavy atom. The van der Waals surface area contributed by atoms with Crippen LogP contribution in [0.3, 0.4) is 0 Å². The molecular formula is C9H10BrCl2N3Pt.